The maximum Gasteiger partial charge on any atom is 0.405 e. The topological polar surface area (TPSA) is 71.0 Å². The molecule has 1 amide bonds. The van der Waals surface area contributed by atoms with E-state index in [0.717, 1.165) is 16.5 Å². The van der Waals surface area contributed by atoms with E-state index in [1.54, 1.807) is 18.5 Å². The van der Waals surface area contributed by atoms with Crippen molar-refractivity contribution in [3.05, 3.63) is 48.8 Å². The van der Waals surface area contributed by atoms with Crippen molar-refractivity contribution >= 4 is 22.6 Å². The molecule has 0 aliphatic carbocycles. The molecule has 3 aromatic rings. The summed E-state index contributed by atoms with van der Waals surface area (Å²) in [6.07, 6.45) is 0.145. The van der Waals surface area contributed by atoms with E-state index in [1.807, 2.05) is 40.5 Å². The lowest BCUT2D eigenvalue weighted by atomic mass is 9.96. The van der Waals surface area contributed by atoms with Crippen LogP contribution in [-0.4, -0.2) is 46.7 Å². The summed E-state index contributed by atoms with van der Waals surface area (Å²) < 4.78 is 37.4. The highest BCUT2D eigenvalue weighted by Crippen LogP contribution is 2.30. The first-order valence-electron chi connectivity index (χ1n) is 9.67. The molecule has 9 heteroatoms. The average Bonchev–Trinajstić information content (AvgIpc) is 2.77. The molecule has 2 aromatic heterocycles. The second kappa shape index (κ2) is 8.25. The van der Waals surface area contributed by atoms with Crippen LogP contribution in [0.1, 0.15) is 12.8 Å². The summed E-state index contributed by atoms with van der Waals surface area (Å²) in [6, 6.07) is 11.2. The number of carbonyl (C=O) groups excluding carboxylic acids is 1. The standard InChI is InChI=1S/C21H20F3N5O/c22-21(23,24)13-26-20(30)15-6-4-10-29(12-15)19-16-7-1-2-8-17(16)27-18(28-19)14-5-3-9-25-11-14/h1-3,5,7-9,11,15H,4,6,10,12-13H2,(H,26,30). The number of hydrogen-bond donors (Lipinski definition) is 1. The molecule has 0 spiro atoms. The minimum Gasteiger partial charge on any atom is -0.355 e. The minimum atomic E-state index is -4.43. The first kappa shape index (κ1) is 20.1. The Morgan fingerprint density at radius 1 is 1.17 bits per heavy atom. The molecule has 0 radical (unpaired) electrons. The molecule has 0 saturated carbocycles. The summed E-state index contributed by atoms with van der Waals surface area (Å²) in [7, 11) is 0. The van der Waals surface area contributed by atoms with E-state index >= 15 is 0 Å². The van der Waals surface area contributed by atoms with Gasteiger partial charge in [-0.1, -0.05) is 12.1 Å². The Morgan fingerprint density at radius 3 is 2.77 bits per heavy atom. The fourth-order valence-electron chi connectivity index (χ4n) is 3.64. The second-order valence-corrected chi connectivity index (χ2v) is 7.25. The lowest BCUT2D eigenvalue weighted by Gasteiger charge is -2.33. The van der Waals surface area contributed by atoms with Crippen molar-refractivity contribution in [3.8, 4) is 11.4 Å². The van der Waals surface area contributed by atoms with Crippen LogP contribution in [0.4, 0.5) is 19.0 Å². The van der Waals surface area contributed by atoms with Gasteiger partial charge in [0.1, 0.15) is 12.4 Å². The summed E-state index contributed by atoms with van der Waals surface area (Å²) >= 11 is 0. The number of anilines is 1. The first-order chi connectivity index (χ1) is 14.4. The van der Waals surface area contributed by atoms with Crippen molar-refractivity contribution in [1.82, 2.24) is 20.3 Å². The van der Waals surface area contributed by atoms with Gasteiger partial charge in [-0.3, -0.25) is 9.78 Å². The molecule has 156 valence electrons. The highest BCUT2D eigenvalue weighted by Gasteiger charge is 2.32. The number of alkyl halides is 3. The van der Waals surface area contributed by atoms with Crippen LogP contribution < -0.4 is 10.2 Å². The summed E-state index contributed by atoms with van der Waals surface area (Å²) in [4.78, 5) is 27.7. The van der Waals surface area contributed by atoms with Gasteiger partial charge in [-0.25, -0.2) is 9.97 Å². The number of nitrogens with one attached hydrogen (secondary N) is 1. The Morgan fingerprint density at radius 2 is 2.00 bits per heavy atom. The lowest BCUT2D eigenvalue weighted by molar-refractivity contribution is -0.140. The van der Waals surface area contributed by atoms with Crippen molar-refractivity contribution in [3.63, 3.8) is 0 Å². The van der Waals surface area contributed by atoms with Gasteiger partial charge in [-0.2, -0.15) is 13.2 Å². The predicted molar refractivity (Wildman–Crippen MR) is 107 cm³/mol. The Bertz CT molecular complexity index is 1040. The molecule has 6 nitrogen and oxygen atoms in total. The third-order valence-electron chi connectivity index (χ3n) is 5.06. The molecule has 3 heterocycles. The van der Waals surface area contributed by atoms with E-state index < -0.39 is 24.5 Å². The molecule has 1 fully saturated rings. The Kier molecular flexibility index (Phi) is 5.52. The predicted octanol–water partition coefficient (Wildman–Crippen LogP) is 3.59. The first-order valence-corrected chi connectivity index (χ1v) is 9.67. The van der Waals surface area contributed by atoms with E-state index in [1.165, 1.54) is 0 Å². The number of nitrogens with zero attached hydrogens (tertiary/aromatic N) is 4. The highest BCUT2D eigenvalue weighted by atomic mass is 19.4. The van der Waals surface area contributed by atoms with Gasteiger partial charge in [0.05, 0.1) is 11.4 Å². The van der Waals surface area contributed by atoms with Gasteiger partial charge in [-0.05, 0) is 37.1 Å². The number of benzene rings is 1. The summed E-state index contributed by atoms with van der Waals surface area (Å²) in [5.74, 6) is 0.0766. The lowest BCUT2D eigenvalue weighted by Crippen LogP contribution is -2.45. The fourth-order valence-corrected chi connectivity index (χ4v) is 3.64. The minimum absolute atomic E-state index is 0.303. The van der Waals surface area contributed by atoms with Gasteiger partial charge in [0.2, 0.25) is 5.91 Å². The van der Waals surface area contributed by atoms with Gasteiger partial charge < -0.3 is 10.2 Å². The largest absolute Gasteiger partial charge is 0.405 e. The zero-order valence-corrected chi connectivity index (χ0v) is 16.1. The van der Waals surface area contributed by atoms with Gasteiger partial charge >= 0.3 is 6.18 Å². The average molecular weight is 415 g/mol. The van der Waals surface area contributed by atoms with Crippen LogP contribution in [-0.2, 0) is 4.79 Å². The SMILES string of the molecule is O=C(NCC(F)(F)F)C1CCCN(c2nc(-c3cccnc3)nc3ccccc23)C1. The van der Waals surface area contributed by atoms with Crippen LogP contribution in [0.15, 0.2) is 48.8 Å². The number of halogens is 3. The van der Waals surface area contributed by atoms with E-state index in [-0.39, 0.29) is 0 Å². The number of hydrogen-bond acceptors (Lipinski definition) is 5. The van der Waals surface area contributed by atoms with Crippen LogP contribution in [0.3, 0.4) is 0 Å². The third kappa shape index (κ3) is 4.50. The van der Waals surface area contributed by atoms with Crippen LogP contribution >= 0.6 is 0 Å². The Labute approximate surface area is 171 Å². The van der Waals surface area contributed by atoms with E-state index in [2.05, 4.69) is 9.97 Å². The normalized spacial score (nSPS) is 17.2. The van der Waals surface area contributed by atoms with Gasteiger partial charge in [0, 0.05) is 36.4 Å². The fraction of sp³-hybridized carbons (Fsp3) is 0.333. The van der Waals surface area contributed by atoms with Gasteiger partial charge in [-0.15, -0.1) is 0 Å². The number of rotatable bonds is 4. The highest BCUT2D eigenvalue weighted by molar-refractivity contribution is 5.91. The molecule has 1 unspecified atom stereocenters. The van der Waals surface area contributed by atoms with E-state index in [0.29, 0.717) is 37.6 Å². The molecule has 1 saturated heterocycles. The summed E-state index contributed by atoms with van der Waals surface area (Å²) in [6.45, 7) is -0.350. The zero-order valence-electron chi connectivity index (χ0n) is 16.1. The second-order valence-electron chi connectivity index (χ2n) is 7.25. The van der Waals surface area contributed by atoms with E-state index in [4.69, 9.17) is 4.98 Å². The van der Waals surface area contributed by atoms with Crippen molar-refractivity contribution in [2.45, 2.75) is 19.0 Å². The Hall–Kier alpha value is -3.23. The van der Waals surface area contributed by atoms with Gasteiger partial charge in [0.25, 0.3) is 0 Å². The number of amides is 1. The molecule has 1 atom stereocenters. The maximum atomic E-state index is 12.5. The molecule has 1 N–H and O–H groups in total. The van der Waals surface area contributed by atoms with Crippen LogP contribution in [0.5, 0.6) is 0 Å². The maximum absolute atomic E-state index is 12.5. The smallest absolute Gasteiger partial charge is 0.355 e. The van der Waals surface area contributed by atoms with Crippen LogP contribution in [0, 0.1) is 5.92 Å². The molecule has 0 bridgehead atoms. The Balaban J connectivity index is 1.64. The zero-order chi connectivity index (χ0) is 21.1. The number of aromatic nitrogens is 3. The number of carbonyl (C=O) groups is 1. The van der Waals surface area contributed by atoms with Crippen LogP contribution in [0.25, 0.3) is 22.3 Å². The quantitative estimate of drug-likeness (QED) is 0.705. The van der Waals surface area contributed by atoms with Crippen molar-refractivity contribution in [1.29, 1.82) is 0 Å². The van der Waals surface area contributed by atoms with Crippen molar-refractivity contribution in [2.75, 3.05) is 24.5 Å². The van der Waals surface area contributed by atoms with Gasteiger partial charge in [0.15, 0.2) is 5.82 Å². The van der Waals surface area contributed by atoms with E-state index in [9.17, 15) is 18.0 Å². The summed E-state index contributed by atoms with van der Waals surface area (Å²) in [5.41, 5.74) is 1.52. The van der Waals surface area contributed by atoms with Crippen molar-refractivity contribution < 1.29 is 18.0 Å². The molecular formula is C21H20F3N5O. The molecule has 1 aliphatic rings. The molecular weight excluding hydrogens is 395 g/mol. The van der Waals surface area contributed by atoms with Crippen molar-refractivity contribution in [2.24, 2.45) is 5.92 Å². The number of para-hydroxylation sites is 1. The molecule has 4 rings (SSSR count). The monoisotopic (exact) mass is 415 g/mol. The number of pyridine rings is 1. The molecule has 30 heavy (non-hydrogen) atoms. The van der Waals surface area contributed by atoms with Crippen LogP contribution in [0.2, 0.25) is 0 Å². The third-order valence-corrected chi connectivity index (χ3v) is 5.06. The number of piperidine rings is 1. The molecule has 1 aliphatic heterocycles. The molecule has 1 aromatic carbocycles. The number of fused-ring (bicyclic) bond motifs is 1. The summed E-state index contributed by atoms with van der Waals surface area (Å²) in [5, 5.41) is 2.84.